The topological polar surface area (TPSA) is 73.9 Å². The largest absolute Gasteiger partial charge is 0.490 e. The van der Waals surface area contributed by atoms with E-state index in [4.69, 9.17) is 14.2 Å². The minimum Gasteiger partial charge on any atom is -0.490 e. The van der Waals surface area contributed by atoms with Crippen LogP contribution in [0.15, 0.2) is 18.2 Å². The average molecular weight is 337 g/mol. The number of esters is 1. The van der Waals surface area contributed by atoms with Crippen LogP contribution in [-0.2, 0) is 14.3 Å². The first-order valence-electron chi connectivity index (χ1n) is 8.10. The summed E-state index contributed by atoms with van der Waals surface area (Å²) < 4.78 is 16.0. The molecule has 0 bridgehead atoms. The molecule has 0 saturated heterocycles. The van der Waals surface area contributed by atoms with Gasteiger partial charge in [0, 0.05) is 11.8 Å². The normalized spacial score (nSPS) is 10.9. The maximum absolute atomic E-state index is 11.9. The summed E-state index contributed by atoms with van der Waals surface area (Å²) in [5.74, 6) is 0.388. The van der Waals surface area contributed by atoms with E-state index in [-0.39, 0.29) is 24.4 Å². The maximum atomic E-state index is 11.9. The molecule has 6 heteroatoms. The average Bonchev–Trinajstić information content (AvgIpc) is 2.46. The van der Waals surface area contributed by atoms with E-state index in [9.17, 15) is 9.59 Å². The van der Waals surface area contributed by atoms with E-state index in [2.05, 4.69) is 5.32 Å². The molecule has 24 heavy (non-hydrogen) atoms. The summed E-state index contributed by atoms with van der Waals surface area (Å²) in [5, 5.41) is 2.68. The van der Waals surface area contributed by atoms with Crippen LogP contribution < -0.4 is 14.8 Å². The number of rotatable bonds is 8. The second-order valence-corrected chi connectivity index (χ2v) is 6.47. The minimum atomic E-state index is -0.399. The molecular formula is C18H27NO5. The number of nitrogens with one attached hydrogen (secondary N) is 1. The molecule has 1 amide bonds. The molecule has 1 aromatic carbocycles. The quantitative estimate of drug-likeness (QED) is 0.736. The Kier molecular flexibility index (Phi) is 7.55. The zero-order chi connectivity index (χ0) is 18.2. The Labute approximate surface area is 143 Å². The predicted octanol–water partition coefficient (Wildman–Crippen LogP) is 3.40. The highest BCUT2D eigenvalue weighted by Crippen LogP contribution is 2.30. The summed E-state index contributed by atoms with van der Waals surface area (Å²) in [6.45, 7) is 10.3. The predicted molar refractivity (Wildman–Crippen MR) is 92.4 cm³/mol. The van der Waals surface area contributed by atoms with E-state index in [1.54, 1.807) is 18.2 Å². The Morgan fingerprint density at radius 1 is 1.04 bits per heavy atom. The summed E-state index contributed by atoms with van der Waals surface area (Å²) in [6, 6.07) is 5.13. The van der Waals surface area contributed by atoms with Crippen LogP contribution in [0.1, 0.15) is 41.0 Å². The van der Waals surface area contributed by atoms with Crippen LogP contribution in [0, 0.1) is 5.41 Å². The standard InChI is InChI=1S/C18H27NO5/c1-6-22-14-9-8-13(10-15(14)23-7-2)19-16(20)12-24-17(21)11-18(3,4)5/h8-10H,6-7,11-12H2,1-5H3,(H,19,20). The van der Waals surface area contributed by atoms with Gasteiger partial charge in [0.25, 0.3) is 5.91 Å². The van der Waals surface area contributed by atoms with Gasteiger partial charge < -0.3 is 19.5 Å². The molecule has 0 spiro atoms. The van der Waals surface area contributed by atoms with Crippen molar-refractivity contribution in [2.24, 2.45) is 5.41 Å². The lowest BCUT2D eigenvalue weighted by Gasteiger charge is -2.16. The molecule has 0 aromatic heterocycles. The number of carbonyl (C=O) groups is 2. The number of amides is 1. The molecule has 1 N–H and O–H groups in total. The number of hydrogen-bond donors (Lipinski definition) is 1. The fourth-order valence-electron chi connectivity index (χ4n) is 1.96. The van der Waals surface area contributed by atoms with Gasteiger partial charge in [-0.25, -0.2) is 0 Å². The van der Waals surface area contributed by atoms with Crippen molar-refractivity contribution in [1.82, 2.24) is 0 Å². The van der Waals surface area contributed by atoms with Crippen molar-refractivity contribution in [3.63, 3.8) is 0 Å². The lowest BCUT2D eigenvalue weighted by Crippen LogP contribution is -2.23. The van der Waals surface area contributed by atoms with Crippen molar-refractivity contribution < 1.29 is 23.8 Å². The zero-order valence-electron chi connectivity index (χ0n) is 15.1. The summed E-state index contributed by atoms with van der Waals surface area (Å²) in [7, 11) is 0. The van der Waals surface area contributed by atoms with Gasteiger partial charge in [0.1, 0.15) is 0 Å². The molecule has 0 atom stereocenters. The van der Waals surface area contributed by atoms with Gasteiger partial charge >= 0.3 is 5.97 Å². The van der Waals surface area contributed by atoms with Gasteiger partial charge in [0.15, 0.2) is 18.1 Å². The minimum absolute atomic E-state index is 0.172. The number of hydrogen-bond acceptors (Lipinski definition) is 5. The van der Waals surface area contributed by atoms with Gasteiger partial charge in [0.05, 0.1) is 19.6 Å². The van der Waals surface area contributed by atoms with Crippen LogP contribution in [0.25, 0.3) is 0 Å². The van der Waals surface area contributed by atoms with Crippen molar-refractivity contribution >= 4 is 17.6 Å². The molecule has 0 aliphatic heterocycles. The molecule has 0 heterocycles. The number of benzene rings is 1. The van der Waals surface area contributed by atoms with Crippen molar-refractivity contribution in [3.05, 3.63) is 18.2 Å². The highest BCUT2D eigenvalue weighted by atomic mass is 16.5. The first kappa shape index (κ1) is 19.8. The fourth-order valence-corrected chi connectivity index (χ4v) is 1.96. The van der Waals surface area contributed by atoms with Gasteiger partial charge in [0.2, 0.25) is 0 Å². The first-order valence-corrected chi connectivity index (χ1v) is 8.10. The highest BCUT2D eigenvalue weighted by Gasteiger charge is 2.18. The van der Waals surface area contributed by atoms with Gasteiger partial charge in [-0.15, -0.1) is 0 Å². The molecule has 0 unspecified atom stereocenters. The third-order valence-electron chi connectivity index (χ3n) is 2.87. The second kappa shape index (κ2) is 9.15. The Morgan fingerprint density at radius 3 is 2.25 bits per heavy atom. The molecule has 0 radical (unpaired) electrons. The van der Waals surface area contributed by atoms with E-state index >= 15 is 0 Å². The number of carbonyl (C=O) groups excluding carboxylic acids is 2. The number of anilines is 1. The molecular weight excluding hydrogens is 310 g/mol. The fraction of sp³-hybridized carbons (Fsp3) is 0.556. The molecule has 0 fully saturated rings. The van der Waals surface area contributed by atoms with E-state index in [0.29, 0.717) is 30.4 Å². The highest BCUT2D eigenvalue weighted by molar-refractivity contribution is 5.93. The molecule has 6 nitrogen and oxygen atoms in total. The van der Waals surface area contributed by atoms with Crippen LogP contribution in [0.2, 0.25) is 0 Å². The van der Waals surface area contributed by atoms with Crippen molar-refractivity contribution in [2.75, 3.05) is 25.1 Å². The smallest absolute Gasteiger partial charge is 0.306 e. The third-order valence-corrected chi connectivity index (χ3v) is 2.87. The van der Waals surface area contributed by atoms with Crippen molar-refractivity contribution in [3.8, 4) is 11.5 Å². The van der Waals surface area contributed by atoms with E-state index in [1.807, 2.05) is 34.6 Å². The summed E-state index contributed by atoms with van der Waals surface area (Å²) in [6.07, 6.45) is 0.262. The second-order valence-electron chi connectivity index (χ2n) is 6.47. The van der Waals surface area contributed by atoms with Gasteiger partial charge in [-0.05, 0) is 31.4 Å². The first-order chi connectivity index (χ1) is 11.2. The van der Waals surface area contributed by atoms with E-state index < -0.39 is 5.91 Å². The van der Waals surface area contributed by atoms with Crippen molar-refractivity contribution in [1.29, 1.82) is 0 Å². The molecule has 1 rings (SSSR count). The Bertz CT molecular complexity index is 563. The van der Waals surface area contributed by atoms with Crippen LogP contribution >= 0.6 is 0 Å². The van der Waals surface area contributed by atoms with Gasteiger partial charge in [-0.1, -0.05) is 20.8 Å². The summed E-state index contributed by atoms with van der Waals surface area (Å²) in [5.41, 5.74) is 0.383. The Morgan fingerprint density at radius 2 is 1.67 bits per heavy atom. The molecule has 0 aliphatic carbocycles. The van der Waals surface area contributed by atoms with E-state index in [0.717, 1.165) is 0 Å². The van der Waals surface area contributed by atoms with Crippen LogP contribution in [0.3, 0.4) is 0 Å². The van der Waals surface area contributed by atoms with E-state index in [1.165, 1.54) is 0 Å². The van der Waals surface area contributed by atoms with Crippen molar-refractivity contribution in [2.45, 2.75) is 41.0 Å². The SMILES string of the molecule is CCOc1ccc(NC(=O)COC(=O)CC(C)(C)C)cc1OCC. The summed E-state index contributed by atoms with van der Waals surface area (Å²) in [4.78, 5) is 23.5. The summed E-state index contributed by atoms with van der Waals surface area (Å²) >= 11 is 0. The van der Waals surface area contributed by atoms with Crippen LogP contribution in [-0.4, -0.2) is 31.7 Å². The van der Waals surface area contributed by atoms with Crippen LogP contribution in [0.4, 0.5) is 5.69 Å². The monoisotopic (exact) mass is 337 g/mol. The van der Waals surface area contributed by atoms with Gasteiger partial charge in [-0.2, -0.15) is 0 Å². The Balaban J connectivity index is 2.60. The number of ether oxygens (including phenoxy) is 3. The molecule has 134 valence electrons. The maximum Gasteiger partial charge on any atom is 0.306 e. The molecule has 1 aromatic rings. The third kappa shape index (κ3) is 7.35. The zero-order valence-corrected chi connectivity index (χ0v) is 15.1. The molecule has 0 saturated carbocycles. The molecule has 0 aliphatic rings. The van der Waals surface area contributed by atoms with Gasteiger partial charge in [-0.3, -0.25) is 9.59 Å². The van der Waals surface area contributed by atoms with Crippen LogP contribution in [0.5, 0.6) is 11.5 Å². The Hall–Kier alpha value is -2.24. The lowest BCUT2D eigenvalue weighted by molar-refractivity contribution is -0.149. The lowest BCUT2D eigenvalue weighted by atomic mass is 9.92.